The molecule has 1 saturated heterocycles. The Morgan fingerprint density at radius 2 is 2.06 bits per heavy atom. The van der Waals surface area contributed by atoms with Crippen molar-refractivity contribution in [2.45, 2.75) is 43.7 Å². The first-order valence-electron chi connectivity index (χ1n) is 6.86. The Hall–Kier alpha value is 0.230. The van der Waals surface area contributed by atoms with Crippen LogP contribution < -0.4 is 5.73 Å². The van der Waals surface area contributed by atoms with Gasteiger partial charge in [-0.2, -0.15) is 11.8 Å². The Morgan fingerprint density at radius 3 is 2.71 bits per heavy atom. The van der Waals surface area contributed by atoms with Crippen molar-refractivity contribution in [3.05, 3.63) is 0 Å². The molecule has 0 radical (unpaired) electrons. The van der Waals surface area contributed by atoms with Crippen molar-refractivity contribution in [2.75, 3.05) is 38.2 Å². The van der Waals surface area contributed by atoms with Crippen molar-refractivity contribution >= 4 is 11.8 Å². The Morgan fingerprint density at radius 1 is 1.29 bits per heavy atom. The first-order valence-corrected chi connectivity index (χ1v) is 8.02. The maximum atomic E-state index is 6.12. The Bertz CT molecular complexity index is 221. The van der Waals surface area contributed by atoms with Crippen LogP contribution in [0, 0.1) is 0 Å². The van der Waals surface area contributed by atoms with Crippen LogP contribution in [0.2, 0.25) is 0 Å². The van der Waals surface area contributed by atoms with Crippen LogP contribution in [-0.4, -0.2) is 54.8 Å². The molecule has 0 aromatic rings. The topological polar surface area (TPSA) is 38.5 Å². The molecule has 3 nitrogen and oxygen atoms in total. The molecule has 2 N–H and O–H groups in total. The smallest absolute Gasteiger partial charge is 0.0572 e. The maximum absolute atomic E-state index is 6.12. The normalized spacial score (nSPS) is 36.7. The molecule has 1 aliphatic heterocycles. The molecular weight excluding hydrogens is 232 g/mol. The van der Waals surface area contributed by atoms with Crippen molar-refractivity contribution < 1.29 is 4.74 Å². The number of methoxy groups -OCH3 is 1. The van der Waals surface area contributed by atoms with Crippen LogP contribution in [0.4, 0.5) is 0 Å². The van der Waals surface area contributed by atoms with Gasteiger partial charge in [0.1, 0.15) is 0 Å². The highest BCUT2D eigenvalue weighted by molar-refractivity contribution is 7.99. The fourth-order valence-electron chi connectivity index (χ4n) is 3.23. The molecule has 2 aliphatic rings. The van der Waals surface area contributed by atoms with Gasteiger partial charge in [-0.25, -0.2) is 0 Å². The van der Waals surface area contributed by atoms with Gasteiger partial charge in [0.05, 0.1) is 6.10 Å². The van der Waals surface area contributed by atoms with Crippen LogP contribution in [0.1, 0.15) is 32.1 Å². The molecule has 0 bridgehead atoms. The Balaban J connectivity index is 1.98. The van der Waals surface area contributed by atoms with Gasteiger partial charge in [-0.15, -0.1) is 0 Å². The van der Waals surface area contributed by atoms with Gasteiger partial charge < -0.3 is 10.5 Å². The highest BCUT2D eigenvalue weighted by atomic mass is 32.2. The second-order valence-electron chi connectivity index (χ2n) is 5.32. The van der Waals surface area contributed by atoms with E-state index in [2.05, 4.69) is 16.7 Å². The van der Waals surface area contributed by atoms with E-state index in [4.69, 9.17) is 10.5 Å². The van der Waals surface area contributed by atoms with Crippen LogP contribution >= 0.6 is 11.8 Å². The third kappa shape index (κ3) is 3.16. The molecule has 2 fully saturated rings. The van der Waals surface area contributed by atoms with Gasteiger partial charge in [0.2, 0.25) is 0 Å². The predicted octanol–water partition coefficient (Wildman–Crippen LogP) is 1.71. The summed E-state index contributed by atoms with van der Waals surface area (Å²) in [6.07, 6.45) is 6.57. The van der Waals surface area contributed by atoms with E-state index in [1.165, 1.54) is 56.7 Å². The van der Waals surface area contributed by atoms with Crippen LogP contribution in [0.15, 0.2) is 0 Å². The molecule has 1 aliphatic carbocycles. The van der Waals surface area contributed by atoms with Gasteiger partial charge in [0.15, 0.2) is 0 Å². The molecule has 2 rings (SSSR count). The fourth-order valence-corrected chi connectivity index (χ4v) is 4.12. The van der Waals surface area contributed by atoms with E-state index in [-0.39, 0.29) is 5.54 Å². The van der Waals surface area contributed by atoms with Crippen molar-refractivity contribution in [1.82, 2.24) is 4.90 Å². The lowest BCUT2D eigenvalue weighted by molar-refractivity contribution is -0.00391. The molecule has 17 heavy (non-hydrogen) atoms. The molecule has 0 atom stereocenters. The molecular formula is C13H26N2OS. The third-order valence-electron chi connectivity index (χ3n) is 4.47. The number of rotatable bonds is 3. The minimum absolute atomic E-state index is 0.278. The molecule has 1 saturated carbocycles. The predicted molar refractivity (Wildman–Crippen MR) is 74.6 cm³/mol. The molecule has 4 heteroatoms. The van der Waals surface area contributed by atoms with E-state index < -0.39 is 0 Å². The summed E-state index contributed by atoms with van der Waals surface area (Å²) in [7, 11) is 1.84. The summed E-state index contributed by atoms with van der Waals surface area (Å²) >= 11 is 2.09. The van der Waals surface area contributed by atoms with Crippen LogP contribution in [0.3, 0.4) is 0 Å². The average molecular weight is 258 g/mol. The highest BCUT2D eigenvalue weighted by Crippen LogP contribution is 2.35. The lowest BCUT2D eigenvalue weighted by Gasteiger charge is -2.47. The number of nitrogens with two attached hydrogens (primary N) is 1. The summed E-state index contributed by atoms with van der Waals surface area (Å²) < 4.78 is 5.48. The fraction of sp³-hybridized carbons (Fsp3) is 1.00. The second kappa shape index (κ2) is 6.41. The number of ether oxygens (including phenoxy) is 1. The first-order chi connectivity index (χ1) is 8.30. The largest absolute Gasteiger partial charge is 0.381 e. The summed E-state index contributed by atoms with van der Waals surface area (Å²) in [6.45, 7) is 3.27. The summed E-state index contributed by atoms with van der Waals surface area (Å²) in [6, 6.07) is 0. The molecule has 100 valence electrons. The first kappa shape index (κ1) is 13.7. The Labute approximate surface area is 109 Å². The summed E-state index contributed by atoms with van der Waals surface area (Å²) in [5, 5.41) is 0. The van der Waals surface area contributed by atoms with E-state index in [0.717, 1.165) is 6.54 Å². The standard InChI is InChI=1S/C13H26N2OS/c1-16-12-3-5-13(11-14,6-4-12)15-7-2-9-17-10-8-15/h12H,2-11,14H2,1H3. The minimum atomic E-state index is 0.278. The SMILES string of the molecule is COC1CCC(CN)(N2CCCSCC2)CC1. The van der Waals surface area contributed by atoms with Crippen molar-refractivity contribution in [2.24, 2.45) is 5.73 Å². The molecule has 0 aromatic carbocycles. The zero-order valence-corrected chi connectivity index (χ0v) is 11.8. The van der Waals surface area contributed by atoms with Crippen molar-refractivity contribution in [1.29, 1.82) is 0 Å². The van der Waals surface area contributed by atoms with Crippen molar-refractivity contribution in [3.63, 3.8) is 0 Å². The van der Waals surface area contributed by atoms with Crippen LogP contribution in [-0.2, 0) is 4.74 Å². The minimum Gasteiger partial charge on any atom is -0.381 e. The molecule has 0 amide bonds. The van der Waals surface area contributed by atoms with Gasteiger partial charge in [-0.05, 0) is 44.4 Å². The van der Waals surface area contributed by atoms with E-state index in [0.29, 0.717) is 6.10 Å². The lowest BCUT2D eigenvalue weighted by Crippen LogP contribution is -2.57. The summed E-state index contributed by atoms with van der Waals surface area (Å²) in [4.78, 5) is 2.68. The number of hydrogen-bond donors (Lipinski definition) is 1. The highest BCUT2D eigenvalue weighted by Gasteiger charge is 2.39. The van der Waals surface area contributed by atoms with Gasteiger partial charge in [0, 0.05) is 31.5 Å². The van der Waals surface area contributed by atoms with Gasteiger partial charge in [-0.1, -0.05) is 0 Å². The second-order valence-corrected chi connectivity index (χ2v) is 6.54. The molecule has 0 spiro atoms. The number of hydrogen-bond acceptors (Lipinski definition) is 4. The number of nitrogens with zero attached hydrogens (tertiary/aromatic N) is 1. The van der Waals surface area contributed by atoms with E-state index in [1.807, 2.05) is 7.11 Å². The van der Waals surface area contributed by atoms with E-state index >= 15 is 0 Å². The third-order valence-corrected chi connectivity index (χ3v) is 5.52. The molecule has 0 unspecified atom stereocenters. The molecule has 0 aromatic heterocycles. The Kier molecular flexibility index (Phi) is 5.15. The zero-order chi connectivity index (χ0) is 12.1. The van der Waals surface area contributed by atoms with Crippen molar-refractivity contribution in [3.8, 4) is 0 Å². The average Bonchev–Trinajstić information content (AvgIpc) is 2.68. The zero-order valence-electron chi connectivity index (χ0n) is 11.0. The van der Waals surface area contributed by atoms with E-state index in [9.17, 15) is 0 Å². The van der Waals surface area contributed by atoms with Crippen LogP contribution in [0.5, 0.6) is 0 Å². The van der Waals surface area contributed by atoms with Gasteiger partial charge in [0.25, 0.3) is 0 Å². The van der Waals surface area contributed by atoms with E-state index in [1.54, 1.807) is 0 Å². The van der Waals surface area contributed by atoms with Gasteiger partial charge in [-0.3, -0.25) is 4.90 Å². The lowest BCUT2D eigenvalue weighted by atomic mass is 9.78. The summed E-state index contributed by atoms with van der Waals surface area (Å²) in [5.74, 6) is 2.59. The maximum Gasteiger partial charge on any atom is 0.0572 e. The monoisotopic (exact) mass is 258 g/mol. The molecule has 1 heterocycles. The van der Waals surface area contributed by atoms with Crippen LogP contribution in [0.25, 0.3) is 0 Å². The quantitative estimate of drug-likeness (QED) is 0.836. The summed E-state index contributed by atoms with van der Waals surface area (Å²) in [5.41, 5.74) is 6.40. The van der Waals surface area contributed by atoms with Gasteiger partial charge >= 0.3 is 0 Å². The number of thioether (sulfide) groups is 1.